The summed E-state index contributed by atoms with van der Waals surface area (Å²) in [6, 6.07) is 7.27. The Bertz CT molecular complexity index is 1000. The van der Waals surface area contributed by atoms with Crippen molar-refractivity contribution in [1.82, 2.24) is 9.97 Å². The van der Waals surface area contributed by atoms with Crippen molar-refractivity contribution in [3.05, 3.63) is 46.2 Å². The Morgan fingerprint density at radius 2 is 2.12 bits per heavy atom. The normalized spacial score (nSPS) is 11.5. The molecule has 0 bridgehead atoms. The van der Waals surface area contributed by atoms with Gasteiger partial charge in [-0.25, -0.2) is 0 Å². The van der Waals surface area contributed by atoms with Crippen molar-refractivity contribution in [2.45, 2.75) is 6.92 Å². The number of hydrogen-bond donors (Lipinski definition) is 3. The third kappa shape index (κ3) is 2.32. The molecule has 6 nitrogen and oxygen atoms in total. The summed E-state index contributed by atoms with van der Waals surface area (Å²) in [5, 5.41) is 14.2. The van der Waals surface area contributed by atoms with Gasteiger partial charge in [0.1, 0.15) is 11.4 Å². The van der Waals surface area contributed by atoms with Crippen LogP contribution in [0.2, 0.25) is 0 Å². The lowest BCUT2D eigenvalue weighted by Crippen LogP contribution is -1.86. The first-order valence-corrected chi connectivity index (χ1v) is 7.19. The molecule has 0 saturated heterocycles. The minimum absolute atomic E-state index is 0.144. The van der Waals surface area contributed by atoms with Crippen LogP contribution >= 0.6 is 0 Å². The number of aromatic hydroxyl groups is 1. The van der Waals surface area contributed by atoms with Gasteiger partial charge < -0.3 is 19.8 Å². The molecule has 3 rings (SSSR count). The second-order valence-electron chi connectivity index (χ2n) is 5.23. The predicted molar refractivity (Wildman–Crippen MR) is 93.8 cm³/mol. The van der Waals surface area contributed by atoms with E-state index >= 15 is 0 Å². The average Bonchev–Trinajstić information content (AvgIpc) is 3.11. The van der Waals surface area contributed by atoms with E-state index in [-0.39, 0.29) is 11.6 Å². The van der Waals surface area contributed by atoms with Crippen molar-refractivity contribution < 1.29 is 9.84 Å². The number of hydrogen-bond acceptors (Lipinski definition) is 4. The molecule has 0 unspecified atom stereocenters. The van der Waals surface area contributed by atoms with Gasteiger partial charge in [-0.1, -0.05) is 24.1 Å². The van der Waals surface area contributed by atoms with Crippen molar-refractivity contribution in [2.75, 3.05) is 7.11 Å². The Labute approximate surface area is 138 Å². The van der Waals surface area contributed by atoms with Gasteiger partial charge in [0.2, 0.25) is 0 Å². The summed E-state index contributed by atoms with van der Waals surface area (Å²) in [6.45, 7) is 1.76. The number of H-pyrrole nitrogens is 2. The first kappa shape index (κ1) is 15.4. The standard InChI is InChI=1S/C18H15N3O3/c1-4-13-12(9-10(2)24-3)15(18(22)20-13)17-16(21-23)11-7-5-6-8-14(11)19-17/h1,5-9,19-20,22H,2-3H3/b10-9+. The zero-order chi connectivity index (χ0) is 17.3. The van der Waals surface area contributed by atoms with E-state index in [0.717, 1.165) is 5.52 Å². The smallest absolute Gasteiger partial charge is 0.199 e. The molecule has 120 valence electrons. The van der Waals surface area contributed by atoms with E-state index in [0.29, 0.717) is 33.7 Å². The van der Waals surface area contributed by atoms with Crippen LogP contribution in [0.3, 0.4) is 0 Å². The first-order valence-electron chi connectivity index (χ1n) is 7.19. The summed E-state index contributed by atoms with van der Waals surface area (Å²) in [5.74, 6) is 2.95. The molecule has 3 aromatic rings. The number of benzene rings is 1. The molecular formula is C18H15N3O3. The quantitative estimate of drug-likeness (QED) is 0.381. The van der Waals surface area contributed by atoms with Crippen LogP contribution < -0.4 is 0 Å². The third-order valence-corrected chi connectivity index (χ3v) is 3.85. The van der Waals surface area contributed by atoms with Gasteiger partial charge in [0.15, 0.2) is 5.88 Å². The van der Waals surface area contributed by atoms with Gasteiger partial charge in [0.25, 0.3) is 0 Å². The molecule has 0 fully saturated rings. The van der Waals surface area contributed by atoms with Crippen LogP contribution in [0.15, 0.2) is 35.2 Å². The Balaban J connectivity index is 2.37. The van der Waals surface area contributed by atoms with E-state index in [9.17, 15) is 10.0 Å². The Morgan fingerprint density at radius 3 is 2.79 bits per heavy atom. The van der Waals surface area contributed by atoms with Crippen molar-refractivity contribution >= 4 is 22.7 Å². The number of nitrogens with one attached hydrogen (secondary N) is 2. The highest BCUT2D eigenvalue weighted by molar-refractivity contribution is 6.02. The van der Waals surface area contributed by atoms with Gasteiger partial charge in [-0.3, -0.25) is 0 Å². The highest BCUT2D eigenvalue weighted by Crippen LogP contribution is 2.43. The average molecular weight is 321 g/mol. The molecule has 0 radical (unpaired) electrons. The van der Waals surface area contributed by atoms with E-state index in [1.54, 1.807) is 19.1 Å². The zero-order valence-corrected chi connectivity index (χ0v) is 13.2. The molecule has 24 heavy (non-hydrogen) atoms. The van der Waals surface area contributed by atoms with Gasteiger partial charge in [-0.2, -0.15) is 0 Å². The summed E-state index contributed by atoms with van der Waals surface area (Å²) in [7, 11) is 1.54. The maximum atomic E-state index is 11.4. The molecule has 6 heteroatoms. The fraction of sp³-hybridized carbons (Fsp3) is 0.111. The second kappa shape index (κ2) is 5.97. The monoisotopic (exact) mass is 321 g/mol. The topological polar surface area (TPSA) is 90.5 Å². The summed E-state index contributed by atoms with van der Waals surface area (Å²) >= 11 is 0. The molecule has 0 amide bonds. The van der Waals surface area contributed by atoms with Gasteiger partial charge >= 0.3 is 0 Å². The maximum Gasteiger partial charge on any atom is 0.199 e. The molecule has 0 aliphatic rings. The van der Waals surface area contributed by atoms with Gasteiger partial charge in [-0.15, -0.1) is 11.3 Å². The molecule has 2 aromatic heterocycles. The van der Waals surface area contributed by atoms with Crippen molar-refractivity contribution in [1.29, 1.82) is 0 Å². The minimum atomic E-state index is -0.144. The van der Waals surface area contributed by atoms with Gasteiger partial charge in [0, 0.05) is 16.5 Å². The van der Waals surface area contributed by atoms with Crippen molar-refractivity contribution in [3.63, 3.8) is 0 Å². The highest BCUT2D eigenvalue weighted by atomic mass is 16.5. The first-order chi connectivity index (χ1) is 11.6. The summed E-state index contributed by atoms with van der Waals surface area (Å²) < 4.78 is 5.17. The molecule has 0 aliphatic carbocycles. The number of aromatic nitrogens is 2. The van der Waals surface area contributed by atoms with Crippen LogP contribution in [0, 0.1) is 17.3 Å². The summed E-state index contributed by atoms with van der Waals surface area (Å²) in [4.78, 5) is 17.3. The van der Waals surface area contributed by atoms with Crippen molar-refractivity contribution in [2.24, 2.45) is 5.18 Å². The number of nitroso groups, excluding NO2 is 1. The van der Waals surface area contributed by atoms with Crippen LogP contribution in [0.5, 0.6) is 5.88 Å². The lowest BCUT2D eigenvalue weighted by atomic mass is 10.1. The van der Waals surface area contributed by atoms with E-state index < -0.39 is 0 Å². The van der Waals surface area contributed by atoms with Gasteiger partial charge in [-0.05, 0) is 24.2 Å². The van der Waals surface area contributed by atoms with E-state index in [4.69, 9.17) is 11.2 Å². The Kier molecular flexibility index (Phi) is 3.84. The lowest BCUT2D eigenvalue weighted by molar-refractivity contribution is 0.297. The highest BCUT2D eigenvalue weighted by Gasteiger charge is 2.23. The number of para-hydroxylation sites is 1. The maximum absolute atomic E-state index is 11.4. The SMILES string of the molecule is C#Cc1[nH]c(O)c(-c2[nH]c3ccccc3c2N=O)c1/C=C(\C)OC. The molecule has 0 saturated carbocycles. The zero-order valence-electron chi connectivity index (χ0n) is 13.2. The van der Waals surface area contributed by atoms with E-state index in [1.165, 1.54) is 7.11 Å². The van der Waals surface area contributed by atoms with E-state index in [1.807, 2.05) is 18.2 Å². The van der Waals surface area contributed by atoms with Crippen LogP contribution in [0.25, 0.3) is 28.2 Å². The van der Waals surface area contributed by atoms with E-state index in [2.05, 4.69) is 21.1 Å². The predicted octanol–water partition coefficient (Wildman–Crippen LogP) is 4.26. The largest absolute Gasteiger partial charge is 0.501 e. The number of nitrogens with zero attached hydrogens (tertiary/aromatic N) is 1. The fourth-order valence-corrected chi connectivity index (χ4v) is 2.68. The number of methoxy groups -OCH3 is 1. The van der Waals surface area contributed by atoms with Crippen molar-refractivity contribution in [3.8, 4) is 29.5 Å². The van der Waals surface area contributed by atoms with Crippen LogP contribution in [-0.2, 0) is 4.74 Å². The van der Waals surface area contributed by atoms with Gasteiger partial charge in [0.05, 0.1) is 24.1 Å². The molecule has 0 atom stereocenters. The Morgan fingerprint density at radius 1 is 1.38 bits per heavy atom. The number of terminal acetylenes is 1. The molecular weight excluding hydrogens is 306 g/mol. The number of allylic oxidation sites excluding steroid dienone is 1. The number of fused-ring (bicyclic) bond motifs is 1. The number of rotatable bonds is 4. The molecule has 0 aliphatic heterocycles. The lowest BCUT2D eigenvalue weighted by Gasteiger charge is -2.03. The summed E-state index contributed by atoms with van der Waals surface area (Å²) in [6.07, 6.45) is 7.21. The fourth-order valence-electron chi connectivity index (χ4n) is 2.68. The molecule has 2 heterocycles. The molecule has 0 spiro atoms. The van der Waals surface area contributed by atoms with Crippen LogP contribution in [0.1, 0.15) is 18.2 Å². The minimum Gasteiger partial charge on any atom is -0.501 e. The van der Waals surface area contributed by atoms with Crippen LogP contribution in [-0.4, -0.2) is 22.2 Å². The number of aromatic amines is 2. The number of ether oxygens (including phenoxy) is 1. The third-order valence-electron chi connectivity index (χ3n) is 3.85. The van der Waals surface area contributed by atoms with Crippen LogP contribution in [0.4, 0.5) is 5.69 Å². The molecule has 3 N–H and O–H groups in total. The summed E-state index contributed by atoms with van der Waals surface area (Å²) in [5.41, 5.74) is 2.67. The second-order valence-corrected chi connectivity index (χ2v) is 5.23. The molecule has 1 aromatic carbocycles. The Hall–Kier alpha value is -3.46.